The van der Waals surface area contributed by atoms with Gasteiger partial charge in [0.2, 0.25) is 0 Å². The lowest BCUT2D eigenvalue weighted by atomic mass is 9.93. The number of halogens is 1. The fraction of sp³-hybridized carbons (Fsp3) is 0. The van der Waals surface area contributed by atoms with Gasteiger partial charge in [-0.25, -0.2) is 4.39 Å². The molecule has 0 aliphatic heterocycles. The zero-order valence-electron chi connectivity index (χ0n) is 11.4. The van der Waals surface area contributed by atoms with Gasteiger partial charge in [0.1, 0.15) is 5.82 Å². The monoisotopic (exact) mass is 272 g/mol. The van der Waals surface area contributed by atoms with Crippen LogP contribution in [0.5, 0.6) is 0 Å². The molecular formula is C20H13F. The van der Waals surface area contributed by atoms with Crippen LogP contribution in [-0.4, -0.2) is 0 Å². The molecule has 0 saturated heterocycles. The van der Waals surface area contributed by atoms with E-state index in [-0.39, 0.29) is 5.82 Å². The topological polar surface area (TPSA) is 0 Å². The molecular weight excluding hydrogens is 259 g/mol. The van der Waals surface area contributed by atoms with Crippen LogP contribution in [0.1, 0.15) is 0 Å². The van der Waals surface area contributed by atoms with Crippen LogP contribution in [-0.2, 0) is 0 Å². The van der Waals surface area contributed by atoms with Crippen LogP contribution in [0.2, 0.25) is 0 Å². The summed E-state index contributed by atoms with van der Waals surface area (Å²) in [7, 11) is 0. The molecule has 100 valence electrons. The zero-order chi connectivity index (χ0) is 14.2. The molecule has 4 rings (SSSR count). The third-order valence-electron chi connectivity index (χ3n) is 3.93. The van der Waals surface area contributed by atoms with E-state index in [1.165, 1.54) is 11.5 Å². The number of rotatable bonds is 1. The maximum absolute atomic E-state index is 14.2. The number of hydrogen-bond donors (Lipinski definition) is 0. The van der Waals surface area contributed by atoms with Crippen molar-refractivity contribution in [1.29, 1.82) is 0 Å². The summed E-state index contributed by atoms with van der Waals surface area (Å²) in [5.41, 5.74) is 1.60. The number of fused-ring (bicyclic) bond motifs is 3. The standard InChI is InChI=1S/C20H13F/c21-20-12-6-5-11-18(20)19-13-14-7-1-2-8-15(14)16-9-3-4-10-17(16)19/h1-13H. The van der Waals surface area contributed by atoms with E-state index in [1.807, 2.05) is 36.4 Å². The molecule has 0 unspecified atom stereocenters. The summed E-state index contributed by atoms with van der Waals surface area (Å²) < 4.78 is 14.2. The Morgan fingerprint density at radius 1 is 0.524 bits per heavy atom. The van der Waals surface area contributed by atoms with Gasteiger partial charge in [0.25, 0.3) is 0 Å². The summed E-state index contributed by atoms with van der Waals surface area (Å²) in [5, 5.41) is 4.58. The lowest BCUT2D eigenvalue weighted by molar-refractivity contribution is 0.631. The first-order valence-corrected chi connectivity index (χ1v) is 7.00. The lowest BCUT2D eigenvalue weighted by Gasteiger charge is -2.11. The van der Waals surface area contributed by atoms with Crippen molar-refractivity contribution in [3.8, 4) is 11.1 Å². The van der Waals surface area contributed by atoms with Crippen molar-refractivity contribution in [2.75, 3.05) is 0 Å². The largest absolute Gasteiger partial charge is 0.206 e. The van der Waals surface area contributed by atoms with E-state index >= 15 is 0 Å². The zero-order valence-corrected chi connectivity index (χ0v) is 11.4. The normalized spacial score (nSPS) is 11.1. The first kappa shape index (κ1) is 12.1. The maximum Gasteiger partial charge on any atom is 0.131 e. The van der Waals surface area contributed by atoms with E-state index in [0.29, 0.717) is 5.56 Å². The average molecular weight is 272 g/mol. The van der Waals surface area contributed by atoms with Gasteiger partial charge in [0.05, 0.1) is 0 Å². The Balaban J connectivity index is 2.20. The molecule has 0 radical (unpaired) electrons. The lowest BCUT2D eigenvalue weighted by Crippen LogP contribution is -1.87. The molecule has 1 heteroatoms. The molecule has 0 atom stereocenters. The molecule has 4 aromatic carbocycles. The highest BCUT2D eigenvalue weighted by Gasteiger charge is 2.10. The van der Waals surface area contributed by atoms with Gasteiger partial charge in [-0.1, -0.05) is 66.7 Å². The van der Waals surface area contributed by atoms with Gasteiger partial charge in [-0.15, -0.1) is 0 Å². The summed E-state index contributed by atoms with van der Waals surface area (Å²) in [6, 6.07) is 25.5. The Hall–Kier alpha value is -2.67. The molecule has 0 N–H and O–H groups in total. The van der Waals surface area contributed by atoms with Crippen molar-refractivity contribution >= 4 is 21.5 Å². The van der Waals surface area contributed by atoms with E-state index in [9.17, 15) is 4.39 Å². The smallest absolute Gasteiger partial charge is 0.131 e. The Morgan fingerprint density at radius 2 is 1.14 bits per heavy atom. The minimum Gasteiger partial charge on any atom is -0.206 e. The predicted octanol–water partition coefficient (Wildman–Crippen LogP) is 5.80. The van der Waals surface area contributed by atoms with Gasteiger partial charge in [-0.3, -0.25) is 0 Å². The molecule has 0 aliphatic rings. The van der Waals surface area contributed by atoms with E-state index in [4.69, 9.17) is 0 Å². The molecule has 21 heavy (non-hydrogen) atoms. The molecule has 0 bridgehead atoms. The van der Waals surface area contributed by atoms with E-state index in [0.717, 1.165) is 21.7 Å². The fourth-order valence-electron chi connectivity index (χ4n) is 2.96. The summed E-state index contributed by atoms with van der Waals surface area (Å²) in [6.07, 6.45) is 0. The molecule has 0 amide bonds. The van der Waals surface area contributed by atoms with E-state index in [1.54, 1.807) is 6.07 Å². The first-order chi connectivity index (χ1) is 10.3. The minimum atomic E-state index is -0.182. The first-order valence-electron chi connectivity index (χ1n) is 7.00. The summed E-state index contributed by atoms with van der Waals surface area (Å²) in [6.45, 7) is 0. The summed E-state index contributed by atoms with van der Waals surface area (Å²) in [4.78, 5) is 0. The SMILES string of the molecule is Fc1ccccc1-c1cc2ccccc2c2ccccc12. The Kier molecular flexibility index (Phi) is 2.71. The van der Waals surface area contributed by atoms with Crippen LogP contribution in [0.15, 0.2) is 78.9 Å². The number of hydrogen-bond acceptors (Lipinski definition) is 0. The summed E-state index contributed by atoms with van der Waals surface area (Å²) >= 11 is 0. The molecule has 0 heterocycles. The molecule has 4 aromatic rings. The second-order valence-corrected chi connectivity index (χ2v) is 5.17. The van der Waals surface area contributed by atoms with Crippen LogP contribution in [0.25, 0.3) is 32.7 Å². The Morgan fingerprint density at radius 3 is 1.95 bits per heavy atom. The molecule has 0 aromatic heterocycles. The highest BCUT2D eigenvalue weighted by Crippen LogP contribution is 2.35. The van der Waals surface area contributed by atoms with Crippen molar-refractivity contribution in [2.45, 2.75) is 0 Å². The molecule has 0 saturated carbocycles. The van der Waals surface area contributed by atoms with Crippen LogP contribution >= 0.6 is 0 Å². The van der Waals surface area contributed by atoms with E-state index in [2.05, 4.69) is 30.3 Å². The fourth-order valence-corrected chi connectivity index (χ4v) is 2.96. The quantitative estimate of drug-likeness (QED) is 0.384. The van der Waals surface area contributed by atoms with Crippen molar-refractivity contribution in [3.05, 3.63) is 84.7 Å². The predicted molar refractivity (Wildman–Crippen MR) is 86.8 cm³/mol. The highest BCUT2D eigenvalue weighted by molar-refractivity contribution is 6.13. The van der Waals surface area contributed by atoms with Crippen LogP contribution in [0.4, 0.5) is 4.39 Å². The minimum absolute atomic E-state index is 0.182. The second kappa shape index (κ2) is 4.71. The van der Waals surface area contributed by atoms with Gasteiger partial charge in [0.15, 0.2) is 0 Å². The highest BCUT2D eigenvalue weighted by atomic mass is 19.1. The van der Waals surface area contributed by atoms with Crippen molar-refractivity contribution in [3.63, 3.8) is 0 Å². The van der Waals surface area contributed by atoms with Gasteiger partial charge < -0.3 is 0 Å². The van der Waals surface area contributed by atoms with Crippen molar-refractivity contribution in [1.82, 2.24) is 0 Å². The average Bonchev–Trinajstić information content (AvgIpc) is 2.55. The van der Waals surface area contributed by atoms with Gasteiger partial charge in [-0.2, -0.15) is 0 Å². The van der Waals surface area contributed by atoms with Gasteiger partial charge in [-0.05, 0) is 39.2 Å². The van der Waals surface area contributed by atoms with Crippen LogP contribution < -0.4 is 0 Å². The summed E-state index contributed by atoms with van der Waals surface area (Å²) in [5.74, 6) is -0.182. The maximum atomic E-state index is 14.2. The second-order valence-electron chi connectivity index (χ2n) is 5.17. The van der Waals surface area contributed by atoms with Gasteiger partial charge >= 0.3 is 0 Å². The third kappa shape index (κ3) is 1.90. The third-order valence-corrected chi connectivity index (χ3v) is 3.93. The van der Waals surface area contributed by atoms with Crippen LogP contribution in [0, 0.1) is 5.82 Å². The van der Waals surface area contributed by atoms with Crippen LogP contribution in [0.3, 0.4) is 0 Å². The Bertz CT molecular complexity index is 954. The van der Waals surface area contributed by atoms with Crippen molar-refractivity contribution in [2.24, 2.45) is 0 Å². The molecule has 0 nitrogen and oxygen atoms in total. The Labute approximate surface area is 122 Å². The van der Waals surface area contributed by atoms with E-state index < -0.39 is 0 Å². The molecule has 0 spiro atoms. The molecule has 0 fully saturated rings. The number of benzene rings is 4. The molecule has 0 aliphatic carbocycles. The van der Waals surface area contributed by atoms with Crippen molar-refractivity contribution < 1.29 is 4.39 Å². The van der Waals surface area contributed by atoms with Gasteiger partial charge in [0, 0.05) is 5.56 Å².